The molecule has 1 saturated heterocycles. The molecule has 5 rings (SSSR count). The highest BCUT2D eigenvalue weighted by atomic mass is 32.1. The number of methoxy groups -OCH3 is 2. The zero-order valence-electron chi connectivity index (χ0n) is 24.4. The molecule has 0 unspecified atom stereocenters. The Morgan fingerprint density at radius 1 is 1.07 bits per heavy atom. The van der Waals surface area contributed by atoms with E-state index in [-0.39, 0.29) is 31.4 Å². The van der Waals surface area contributed by atoms with E-state index in [0.29, 0.717) is 27.7 Å². The summed E-state index contributed by atoms with van der Waals surface area (Å²) >= 11 is 1.27. The van der Waals surface area contributed by atoms with E-state index < -0.39 is 30.1 Å². The summed E-state index contributed by atoms with van der Waals surface area (Å²) in [5.41, 5.74) is 2.00. The maximum absolute atomic E-state index is 13.3. The van der Waals surface area contributed by atoms with Crippen LogP contribution in [0.4, 0.5) is 4.79 Å². The first-order chi connectivity index (χ1) is 20.7. The minimum atomic E-state index is -0.967. The van der Waals surface area contributed by atoms with Crippen LogP contribution in [0, 0.1) is 0 Å². The molecule has 0 aliphatic carbocycles. The van der Waals surface area contributed by atoms with Crippen LogP contribution in [0.25, 0.3) is 22.0 Å². The number of hydrogen-bond acceptors (Lipinski definition) is 12. The number of thiazole rings is 1. The molecule has 1 amide bonds. The third-order valence-electron chi connectivity index (χ3n) is 6.74. The first-order valence-electron chi connectivity index (χ1n) is 13.5. The topological polar surface area (TPSA) is 135 Å². The van der Waals surface area contributed by atoms with Crippen molar-refractivity contribution in [3.63, 3.8) is 0 Å². The molecular formula is C30H32N4O8S. The van der Waals surface area contributed by atoms with E-state index in [1.54, 1.807) is 38.3 Å². The largest absolute Gasteiger partial charge is 0.461 e. The zero-order valence-corrected chi connectivity index (χ0v) is 25.3. The van der Waals surface area contributed by atoms with E-state index in [0.717, 1.165) is 5.56 Å². The predicted octanol–water partition coefficient (Wildman–Crippen LogP) is 5.77. The molecule has 0 spiro atoms. The number of carbonyl (C=O) groups is 2. The van der Waals surface area contributed by atoms with Gasteiger partial charge in [-0.1, -0.05) is 30.3 Å². The number of esters is 1. The van der Waals surface area contributed by atoms with Gasteiger partial charge in [0.1, 0.15) is 41.0 Å². The lowest BCUT2D eigenvalue weighted by atomic mass is 10.1. The minimum Gasteiger partial charge on any atom is -0.461 e. The number of rotatable bonds is 10. The average molecular weight is 609 g/mol. The monoisotopic (exact) mass is 608 g/mol. The highest BCUT2D eigenvalue weighted by Gasteiger charge is 2.47. The molecule has 4 heterocycles. The lowest BCUT2D eigenvalue weighted by molar-refractivity contribution is -0.108. The van der Waals surface area contributed by atoms with Gasteiger partial charge in [0.25, 0.3) is 0 Å². The number of carbonyl (C=O) groups excluding carboxylic acids is 2. The van der Waals surface area contributed by atoms with Crippen molar-refractivity contribution in [1.29, 1.82) is 0 Å². The summed E-state index contributed by atoms with van der Waals surface area (Å²) in [5.74, 6) is -0.265. The minimum absolute atomic E-state index is 0.109. The number of ether oxygens (including phenoxy) is 5. The second-order valence-electron chi connectivity index (χ2n) is 9.95. The summed E-state index contributed by atoms with van der Waals surface area (Å²) < 4.78 is 33.4. The maximum atomic E-state index is 13.3. The van der Waals surface area contributed by atoms with Crippen molar-refractivity contribution in [3.05, 3.63) is 76.9 Å². The molecule has 4 aromatic rings. The van der Waals surface area contributed by atoms with Crippen molar-refractivity contribution in [1.82, 2.24) is 19.9 Å². The van der Waals surface area contributed by atoms with Crippen molar-refractivity contribution < 1.29 is 37.7 Å². The Balaban J connectivity index is 1.47. The van der Waals surface area contributed by atoms with Gasteiger partial charge in [0.15, 0.2) is 5.69 Å². The summed E-state index contributed by atoms with van der Waals surface area (Å²) in [7, 11) is 3.02. The van der Waals surface area contributed by atoms with Gasteiger partial charge in [-0.05, 0) is 38.5 Å². The average Bonchev–Trinajstić information content (AvgIpc) is 3.76. The van der Waals surface area contributed by atoms with Gasteiger partial charge in [-0.3, -0.25) is 4.90 Å². The van der Waals surface area contributed by atoms with Crippen LogP contribution in [0.5, 0.6) is 0 Å². The first-order valence-corrected chi connectivity index (χ1v) is 14.4. The van der Waals surface area contributed by atoms with Crippen LogP contribution < -0.4 is 0 Å². The summed E-state index contributed by atoms with van der Waals surface area (Å²) in [4.78, 5) is 41.0. The second kappa shape index (κ2) is 13.0. The van der Waals surface area contributed by atoms with Gasteiger partial charge in [0, 0.05) is 25.2 Å². The molecule has 0 radical (unpaired) electrons. The molecule has 0 N–H and O–H groups in total. The lowest BCUT2D eigenvalue weighted by Crippen LogP contribution is -2.45. The van der Waals surface area contributed by atoms with Gasteiger partial charge in [-0.15, -0.1) is 11.3 Å². The third-order valence-corrected chi connectivity index (χ3v) is 7.62. The molecular weight excluding hydrogens is 576 g/mol. The summed E-state index contributed by atoms with van der Waals surface area (Å²) in [6.45, 7) is 5.79. The van der Waals surface area contributed by atoms with Crippen molar-refractivity contribution in [2.24, 2.45) is 0 Å². The number of pyridine rings is 1. The molecule has 0 bridgehead atoms. The third kappa shape index (κ3) is 6.44. The van der Waals surface area contributed by atoms with Crippen molar-refractivity contribution in [2.75, 3.05) is 27.4 Å². The standard InChI is InChI=1S/C30H32N4O8S/c1-6-39-27(35)22-17-43-26(33-22)19-12-13-20(28(37-4)38-5)31-24(19)21-15-40-25(32-21)23-16-42-30(2,3)34(23)29(36)41-14-18-10-8-7-9-11-18/h7-13,15,17,23,28H,6,14,16H2,1-5H3/t23-/m0/s1. The first kappa shape index (κ1) is 30.3. The summed E-state index contributed by atoms with van der Waals surface area (Å²) in [6.07, 6.45) is 0.164. The highest BCUT2D eigenvalue weighted by molar-refractivity contribution is 7.13. The van der Waals surface area contributed by atoms with E-state index in [9.17, 15) is 9.59 Å². The zero-order chi connectivity index (χ0) is 30.6. The van der Waals surface area contributed by atoms with E-state index in [4.69, 9.17) is 38.1 Å². The van der Waals surface area contributed by atoms with Crippen LogP contribution in [0.2, 0.25) is 0 Å². The van der Waals surface area contributed by atoms with Crippen LogP contribution in [0.3, 0.4) is 0 Å². The van der Waals surface area contributed by atoms with E-state index >= 15 is 0 Å². The molecule has 1 aliphatic rings. The molecule has 12 nitrogen and oxygen atoms in total. The number of benzene rings is 1. The van der Waals surface area contributed by atoms with Crippen LogP contribution in [0.1, 0.15) is 60.7 Å². The summed E-state index contributed by atoms with van der Waals surface area (Å²) in [6, 6.07) is 12.3. The van der Waals surface area contributed by atoms with E-state index in [1.165, 1.54) is 36.7 Å². The van der Waals surface area contributed by atoms with Crippen LogP contribution in [-0.4, -0.2) is 65.1 Å². The number of nitrogens with zero attached hydrogens (tertiary/aromatic N) is 4. The Labute approximate surface area is 252 Å². The number of oxazole rings is 1. The molecule has 13 heteroatoms. The van der Waals surface area contributed by atoms with E-state index in [1.807, 2.05) is 30.3 Å². The Morgan fingerprint density at radius 3 is 2.56 bits per heavy atom. The molecule has 1 atom stereocenters. The van der Waals surface area contributed by atoms with Gasteiger partial charge in [-0.2, -0.15) is 0 Å². The van der Waals surface area contributed by atoms with Gasteiger partial charge in [-0.25, -0.2) is 24.5 Å². The Morgan fingerprint density at radius 2 is 1.84 bits per heavy atom. The summed E-state index contributed by atoms with van der Waals surface area (Å²) in [5, 5.41) is 2.16. The maximum Gasteiger partial charge on any atom is 0.413 e. The van der Waals surface area contributed by atoms with Gasteiger partial charge in [0.2, 0.25) is 12.2 Å². The molecule has 3 aromatic heterocycles. The van der Waals surface area contributed by atoms with Gasteiger partial charge < -0.3 is 28.1 Å². The molecule has 1 aromatic carbocycles. The van der Waals surface area contributed by atoms with Crippen molar-refractivity contribution >= 4 is 23.4 Å². The SMILES string of the molecule is CCOC(=O)c1csc(-c2ccc(C(OC)OC)nc2-c2coc([C@@H]3COC(C)(C)N3C(=O)OCc3ccccc3)n2)n1. The Bertz CT molecular complexity index is 1570. The van der Waals surface area contributed by atoms with Crippen LogP contribution >= 0.6 is 11.3 Å². The highest BCUT2D eigenvalue weighted by Crippen LogP contribution is 2.39. The number of aromatic nitrogens is 3. The molecule has 1 aliphatic heterocycles. The van der Waals surface area contributed by atoms with E-state index in [2.05, 4.69) is 4.98 Å². The molecule has 0 saturated carbocycles. The van der Waals surface area contributed by atoms with Gasteiger partial charge >= 0.3 is 12.1 Å². The van der Waals surface area contributed by atoms with Gasteiger partial charge in [0.05, 0.1) is 18.9 Å². The second-order valence-corrected chi connectivity index (χ2v) is 10.8. The normalized spacial score (nSPS) is 16.0. The van der Waals surface area contributed by atoms with Crippen molar-refractivity contribution in [3.8, 4) is 22.0 Å². The number of amides is 1. The Hall–Kier alpha value is -4.17. The molecule has 43 heavy (non-hydrogen) atoms. The van der Waals surface area contributed by atoms with Crippen LogP contribution in [-0.2, 0) is 30.3 Å². The Kier molecular flexibility index (Phi) is 9.16. The lowest BCUT2D eigenvalue weighted by Gasteiger charge is -2.31. The number of hydrogen-bond donors (Lipinski definition) is 0. The van der Waals surface area contributed by atoms with Crippen LogP contribution in [0.15, 0.2) is 58.5 Å². The fourth-order valence-electron chi connectivity index (χ4n) is 4.68. The molecule has 1 fully saturated rings. The molecule has 226 valence electrons. The fourth-order valence-corrected chi connectivity index (χ4v) is 5.49. The predicted molar refractivity (Wildman–Crippen MR) is 155 cm³/mol. The fraction of sp³-hybridized carbons (Fsp3) is 0.367. The van der Waals surface area contributed by atoms with Crippen molar-refractivity contribution in [2.45, 2.75) is 45.4 Å². The smallest absolute Gasteiger partial charge is 0.413 e. The quantitative estimate of drug-likeness (QED) is 0.160.